The first-order valence-corrected chi connectivity index (χ1v) is 5.63. The van der Waals surface area contributed by atoms with Crippen molar-refractivity contribution in [2.75, 3.05) is 7.11 Å². The van der Waals surface area contributed by atoms with Crippen LogP contribution in [0.25, 0.3) is 11.1 Å². The number of halogens is 2. The molecule has 0 atom stereocenters. The normalized spacial score (nSPS) is 10.2. The van der Waals surface area contributed by atoms with Crippen LogP contribution < -0.4 is 0 Å². The van der Waals surface area contributed by atoms with Crippen LogP contribution in [0, 0.1) is 5.82 Å². The van der Waals surface area contributed by atoms with E-state index in [1.807, 2.05) is 0 Å². The van der Waals surface area contributed by atoms with Gasteiger partial charge in [0.2, 0.25) is 0 Å². The van der Waals surface area contributed by atoms with Crippen LogP contribution in [0.3, 0.4) is 0 Å². The van der Waals surface area contributed by atoms with E-state index in [0.29, 0.717) is 10.6 Å². The van der Waals surface area contributed by atoms with Crippen molar-refractivity contribution in [1.82, 2.24) is 0 Å². The van der Waals surface area contributed by atoms with Gasteiger partial charge in [0.25, 0.3) is 0 Å². The number of hydrogen-bond donors (Lipinski definition) is 0. The summed E-state index contributed by atoms with van der Waals surface area (Å²) in [5.41, 5.74) is 1.57. The van der Waals surface area contributed by atoms with Crippen molar-refractivity contribution in [3.63, 3.8) is 0 Å². The second-order valence-electron chi connectivity index (χ2n) is 3.73. The molecule has 18 heavy (non-hydrogen) atoms. The van der Waals surface area contributed by atoms with Gasteiger partial charge in [0.1, 0.15) is 5.82 Å². The molecule has 0 aliphatic rings. The van der Waals surface area contributed by atoms with Crippen LogP contribution in [0.5, 0.6) is 0 Å². The molecular formula is C14H10ClFO2. The molecule has 2 rings (SSSR count). The van der Waals surface area contributed by atoms with Crippen molar-refractivity contribution >= 4 is 17.6 Å². The molecule has 0 aliphatic carbocycles. The zero-order valence-corrected chi connectivity index (χ0v) is 10.4. The average molecular weight is 265 g/mol. The summed E-state index contributed by atoms with van der Waals surface area (Å²) < 4.78 is 18.0. The third-order valence-corrected chi connectivity index (χ3v) is 2.75. The second-order valence-corrected chi connectivity index (χ2v) is 4.16. The van der Waals surface area contributed by atoms with E-state index >= 15 is 0 Å². The molecule has 0 radical (unpaired) electrons. The van der Waals surface area contributed by atoms with Gasteiger partial charge in [-0.05, 0) is 41.5 Å². The molecule has 2 aromatic carbocycles. The molecule has 0 aromatic heterocycles. The lowest BCUT2D eigenvalue weighted by atomic mass is 10.0. The molecule has 0 spiro atoms. The molecule has 0 unspecified atom stereocenters. The Hall–Kier alpha value is -1.87. The lowest BCUT2D eigenvalue weighted by molar-refractivity contribution is 0.0600. The van der Waals surface area contributed by atoms with E-state index in [1.54, 1.807) is 30.3 Å². The van der Waals surface area contributed by atoms with Gasteiger partial charge in [-0.25, -0.2) is 9.18 Å². The highest BCUT2D eigenvalue weighted by molar-refractivity contribution is 6.30. The highest BCUT2D eigenvalue weighted by Crippen LogP contribution is 2.24. The van der Waals surface area contributed by atoms with Gasteiger partial charge in [0.15, 0.2) is 0 Å². The first-order chi connectivity index (χ1) is 8.60. The van der Waals surface area contributed by atoms with Crippen molar-refractivity contribution < 1.29 is 13.9 Å². The maximum absolute atomic E-state index is 13.5. The van der Waals surface area contributed by atoms with Crippen LogP contribution >= 0.6 is 11.6 Å². The number of hydrogen-bond acceptors (Lipinski definition) is 2. The van der Waals surface area contributed by atoms with Crippen molar-refractivity contribution in [1.29, 1.82) is 0 Å². The third-order valence-electron chi connectivity index (χ3n) is 2.50. The highest BCUT2D eigenvalue weighted by Gasteiger charge is 2.09. The Balaban J connectivity index is 2.48. The minimum absolute atomic E-state index is 0.183. The number of benzene rings is 2. The molecule has 0 fully saturated rings. The second kappa shape index (κ2) is 5.19. The van der Waals surface area contributed by atoms with E-state index in [2.05, 4.69) is 4.74 Å². The van der Waals surface area contributed by atoms with E-state index in [1.165, 1.54) is 13.2 Å². The van der Waals surface area contributed by atoms with Crippen molar-refractivity contribution in [2.24, 2.45) is 0 Å². The zero-order chi connectivity index (χ0) is 13.1. The molecule has 0 aliphatic heterocycles. The van der Waals surface area contributed by atoms with Crippen LogP contribution in [0.2, 0.25) is 5.02 Å². The van der Waals surface area contributed by atoms with Crippen molar-refractivity contribution in [3.05, 3.63) is 58.9 Å². The number of rotatable bonds is 2. The van der Waals surface area contributed by atoms with E-state index < -0.39 is 11.8 Å². The van der Waals surface area contributed by atoms with Crippen molar-refractivity contribution in [3.8, 4) is 11.1 Å². The molecule has 4 heteroatoms. The fraction of sp³-hybridized carbons (Fsp3) is 0.0714. The molecule has 0 heterocycles. The fourth-order valence-electron chi connectivity index (χ4n) is 1.63. The largest absolute Gasteiger partial charge is 0.465 e. The van der Waals surface area contributed by atoms with Gasteiger partial charge in [-0.15, -0.1) is 0 Å². The Morgan fingerprint density at radius 1 is 1.11 bits per heavy atom. The smallest absolute Gasteiger partial charge is 0.337 e. The summed E-state index contributed by atoms with van der Waals surface area (Å²) in [4.78, 5) is 11.4. The van der Waals surface area contributed by atoms with E-state index in [0.717, 1.165) is 11.6 Å². The predicted octanol–water partition coefficient (Wildman–Crippen LogP) is 3.93. The Bertz CT molecular complexity index is 579. The summed E-state index contributed by atoms with van der Waals surface area (Å²) in [5, 5.41) is 0.600. The van der Waals surface area contributed by atoms with Gasteiger partial charge in [0, 0.05) is 5.02 Å². The SMILES string of the molecule is COC(=O)c1cc(F)cc(-c2ccc(Cl)cc2)c1. The summed E-state index contributed by atoms with van der Waals surface area (Å²) >= 11 is 5.79. The van der Waals surface area contributed by atoms with Crippen molar-refractivity contribution in [2.45, 2.75) is 0 Å². The van der Waals surface area contributed by atoms with Crippen LogP contribution in [0.15, 0.2) is 42.5 Å². The summed E-state index contributed by atoms with van der Waals surface area (Å²) in [6.45, 7) is 0. The maximum atomic E-state index is 13.5. The van der Waals surface area contributed by atoms with E-state index in [4.69, 9.17) is 11.6 Å². The van der Waals surface area contributed by atoms with Crippen LogP contribution in [-0.4, -0.2) is 13.1 Å². The fourth-order valence-corrected chi connectivity index (χ4v) is 1.76. The molecule has 92 valence electrons. The van der Waals surface area contributed by atoms with E-state index in [-0.39, 0.29) is 5.56 Å². The van der Waals surface area contributed by atoms with Gasteiger partial charge in [0.05, 0.1) is 12.7 Å². The summed E-state index contributed by atoms with van der Waals surface area (Å²) in [6, 6.07) is 11.0. The standard InChI is InChI=1S/C14H10ClFO2/c1-18-14(17)11-6-10(7-13(16)8-11)9-2-4-12(15)5-3-9/h2-8H,1H3. The zero-order valence-electron chi connectivity index (χ0n) is 9.61. The molecule has 0 N–H and O–H groups in total. The summed E-state index contributed by atoms with van der Waals surface area (Å²) in [7, 11) is 1.26. The van der Waals surface area contributed by atoms with E-state index in [9.17, 15) is 9.18 Å². The molecule has 2 nitrogen and oxygen atoms in total. The molecular weight excluding hydrogens is 255 g/mol. The summed E-state index contributed by atoms with van der Waals surface area (Å²) in [6.07, 6.45) is 0. The maximum Gasteiger partial charge on any atom is 0.337 e. The third kappa shape index (κ3) is 2.68. The van der Waals surface area contributed by atoms with Crippen LogP contribution in [-0.2, 0) is 4.74 Å². The molecule has 0 saturated heterocycles. The number of methoxy groups -OCH3 is 1. The lowest BCUT2D eigenvalue weighted by Crippen LogP contribution is -2.02. The minimum atomic E-state index is -0.565. The topological polar surface area (TPSA) is 26.3 Å². The van der Waals surface area contributed by atoms with Crippen LogP contribution in [0.1, 0.15) is 10.4 Å². The number of carbonyl (C=O) groups is 1. The first-order valence-electron chi connectivity index (χ1n) is 5.25. The summed E-state index contributed by atoms with van der Waals surface area (Å²) in [5.74, 6) is -1.05. The van der Waals surface area contributed by atoms with Gasteiger partial charge in [-0.1, -0.05) is 23.7 Å². The van der Waals surface area contributed by atoms with Gasteiger partial charge < -0.3 is 4.74 Å². The Morgan fingerprint density at radius 2 is 1.78 bits per heavy atom. The van der Waals surface area contributed by atoms with Gasteiger partial charge in [-0.2, -0.15) is 0 Å². The predicted molar refractivity (Wildman–Crippen MR) is 68.2 cm³/mol. The molecule has 2 aromatic rings. The molecule has 0 amide bonds. The average Bonchev–Trinajstić information content (AvgIpc) is 2.38. The van der Waals surface area contributed by atoms with Crippen LogP contribution in [0.4, 0.5) is 4.39 Å². The monoisotopic (exact) mass is 264 g/mol. The lowest BCUT2D eigenvalue weighted by Gasteiger charge is -2.05. The first kappa shape index (κ1) is 12.6. The highest BCUT2D eigenvalue weighted by atomic mass is 35.5. The quantitative estimate of drug-likeness (QED) is 0.768. The van der Waals surface area contributed by atoms with Gasteiger partial charge >= 0.3 is 5.97 Å². The Labute approximate surface area is 109 Å². The van der Waals surface area contributed by atoms with Gasteiger partial charge in [-0.3, -0.25) is 0 Å². The molecule has 0 bridgehead atoms. The number of ether oxygens (including phenoxy) is 1. The number of esters is 1. The minimum Gasteiger partial charge on any atom is -0.465 e. The number of carbonyl (C=O) groups excluding carboxylic acids is 1. The Morgan fingerprint density at radius 3 is 2.39 bits per heavy atom. The Kier molecular flexibility index (Phi) is 3.63. The molecule has 0 saturated carbocycles.